The standard InChI is InChI=1S/C26H29N3O3/c1-19(28-26(31)29-23-15-9-10-16-24(23)32-2)25(30)27-18-17-22(20-11-5-3-6-12-20)21-13-7-4-8-14-21/h3-16,19,22H,17-18H2,1-2H3,(H,27,30)(H2,28,29,31). The molecule has 3 aromatic rings. The lowest BCUT2D eigenvalue weighted by molar-refractivity contribution is -0.122. The maximum atomic E-state index is 12.5. The first-order chi connectivity index (χ1) is 15.6. The fourth-order valence-electron chi connectivity index (χ4n) is 3.56. The average Bonchev–Trinajstić information content (AvgIpc) is 2.83. The van der Waals surface area contributed by atoms with Crippen LogP contribution in [0, 0.1) is 0 Å². The predicted molar refractivity (Wildman–Crippen MR) is 127 cm³/mol. The number of methoxy groups -OCH3 is 1. The second-order valence-electron chi connectivity index (χ2n) is 7.47. The minimum absolute atomic E-state index is 0.176. The molecule has 0 radical (unpaired) electrons. The minimum atomic E-state index is -0.684. The summed E-state index contributed by atoms with van der Waals surface area (Å²) >= 11 is 0. The topological polar surface area (TPSA) is 79.5 Å². The SMILES string of the molecule is COc1ccccc1NC(=O)NC(C)C(=O)NCCC(c1ccccc1)c1ccccc1. The molecule has 1 atom stereocenters. The Morgan fingerprint density at radius 3 is 2.00 bits per heavy atom. The molecule has 166 valence electrons. The van der Waals surface area contributed by atoms with Crippen molar-refractivity contribution in [1.29, 1.82) is 0 Å². The molecular weight excluding hydrogens is 402 g/mol. The number of ether oxygens (including phenoxy) is 1. The van der Waals surface area contributed by atoms with E-state index < -0.39 is 12.1 Å². The van der Waals surface area contributed by atoms with E-state index in [2.05, 4.69) is 40.2 Å². The number of anilines is 1. The zero-order valence-corrected chi connectivity index (χ0v) is 18.4. The lowest BCUT2D eigenvalue weighted by atomic mass is 9.88. The predicted octanol–water partition coefficient (Wildman–Crippen LogP) is 4.54. The van der Waals surface area contributed by atoms with Crippen LogP contribution in [0.25, 0.3) is 0 Å². The third-order valence-corrected chi connectivity index (χ3v) is 5.23. The molecular formula is C26H29N3O3. The molecule has 3 N–H and O–H groups in total. The Kier molecular flexibility index (Phi) is 8.26. The van der Waals surface area contributed by atoms with Gasteiger partial charge in [-0.05, 0) is 36.6 Å². The zero-order valence-electron chi connectivity index (χ0n) is 18.4. The van der Waals surface area contributed by atoms with Crippen molar-refractivity contribution in [3.63, 3.8) is 0 Å². The molecule has 3 rings (SSSR count). The summed E-state index contributed by atoms with van der Waals surface area (Å²) in [6, 6.07) is 26.4. The molecule has 0 saturated heterocycles. The van der Waals surface area contributed by atoms with Gasteiger partial charge in [0, 0.05) is 12.5 Å². The van der Waals surface area contributed by atoms with Gasteiger partial charge in [-0.15, -0.1) is 0 Å². The number of carbonyl (C=O) groups is 2. The summed E-state index contributed by atoms with van der Waals surface area (Å²) in [7, 11) is 1.53. The smallest absolute Gasteiger partial charge is 0.319 e. The highest BCUT2D eigenvalue weighted by molar-refractivity contribution is 5.94. The van der Waals surface area contributed by atoms with Crippen molar-refractivity contribution in [2.24, 2.45) is 0 Å². The van der Waals surface area contributed by atoms with E-state index in [1.165, 1.54) is 18.2 Å². The summed E-state index contributed by atoms with van der Waals surface area (Å²) in [4.78, 5) is 24.8. The fraction of sp³-hybridized carbons (Fsp3) is 0.231. The number of benzene rings is 3. The van der Waals surface area contributed by atoms with E-state index >= 15 is 0 Å². The van der Waals surface area contributed by atoms with E-state index in [9.17, 15) is 9.59 Å². The second-order valence-corrected chi connectivity index (χ2v) is 7.47. The number of urea groups is 1. The van der Waals surface area contributed by atoms with Crippen LogP contribution < -0.4 is 20.7 Å². The van der Waals surface area contributed by atoms with Crippen LogP contribution in [0.4, 0.5) is 10.5 Å². The van der Waals surface area contributed by atoms with Crippen molar-refractivity contribution >= 4 is 17.6 Å². The summed E-state index contributed by atoms with van der Waals surface area (Å²) in [5.74, 6) is 0.488. The summed E-state index contributed by atoms with van der Waals surface area (Å²) in [5, 5.41) is 8.31. The Bertz CT molecular complexity index is 970. The molecule has 0 aromatic heterocycles. The Morgan fingerprint density at radius 1 is 0.844 bits per heavy atom. The van der Waals surface area contributed by atoms with Gasteiger partial charge < -0.3 is 20.7 Å². The van der Waals surface area contributed by atoms with Crippen molar-refractivity contribution in [3.8, 4) is 5.75 Å². The number of hydrogen-bond acceptors (Lipinski definition) is 3. The number of rotatable bonds is 9. The molecule has 3 aromatic carbocycles. The summed E-state index contributed by atoms with van der Waals surface area (Å²) < 4.78 is 5.23. The average molecular weight is 432 g/mol. The van der Waals surface area contributed by atoms with Gasteiger partial charge in [-0.3, -0.25) is 4.79 Å². The third kappa shape index (κ3) is 6.35. The van der Waals surface area contributed by atoms with Gasteiger partial charge in [0.15, 0.2) is 0 Å². The summed E-state index contributed by atoms with van der Waals surface area (Å²) in [6.07, 6.45) is 0.750. The first kappa shape index (κ1) is 22.9. The normalized spacial score (nSPS) is 11.5. The minimum Gasteiger partial charge on any atom is -0.495 e. The van der Waals surface area contributed by atoms with Gasteiger partial charge in [0.1, 0.15) is 11.8 Å². The Labute approximate surface area is 189 Å². The van der Waals surface area contributed by atoms with Crippen LogP contribution in [-0.4, -0.2) is 31.6 Å². The Morgan fingerprint density at radius 2 is 1.41 bits per heavy atom. The first-order valence-electron chi connectivity index (χ1n) is 10.7. The van der Waals surface area contributed by atoms with Crippen LogP contribution in [-0.2, 0) is 4.79 Å². The highest BCUT2D eigenvalue weighted by Gasteiger charge is 2.18. The van der Waals surface area contributed by atoms with Crippen LogP contribution in [0.15, 0.2) is 84.9 Å². The van der Waals surface area contributed by atoms with Gasteiger partial charge in [-0.1, -0.05) is 72.8 Å². The van der Waals surface area contributed by atoms with Gasteiger partial charge in [0.25, 0.3) is 0 Å². The molecule has 0 saturated carbocycles. The molecule has 0 aliphatic heterocycles. The van der Waals surface area contributed by atoms with E-state index in [0.717, 1.165) is 6.42 Å². The lowest BCUT2D eigenvalue weighted by Gasteiger charge is -2.20. The number of nitrogens with one attached hydrogen (secondary N) is 3. The molecule has 3 amide bonds. The maximum absolute atomic E-state index is 12.5. The van der Waals surface area contributed by atoms with Crippen LogP contribution in [0.2, 0.25) is 0 Å². The summed E-state index contributed by atoms with van der Waals surface area (Å²) in [5.41, 5.74) is 2.94. The molecule has 32 heavy (non-hydrogen) atoms. The number of hydrogen-bond donors (Lipinski definition) is 3. The van der Waals surface area contributed by atoms with E-state index in [0.29, 0.717) is 18.0 Å². The van der Waals surface area contributed by atoms with Crippen molar-refractivity contribution in [2.75, 3.05) is 19.0 Å². The molecule has 6 heteroatoms. The Balaban J connectivity index is 1.53. The van der Waals surface area contributed by atoms with Crippen LogP contribution >= 0.6 is 0 Å². The number of para-hydroxylation sites is 2. The maximum Gasteiger partial charge on any atom is 0.319 e. The van der Waals surface area contributed by atoms with Gasteiger partial charge in [-0.25, -0.2) is 4.79 Å². The zero-order chi connectivity index (χ0) is 22.8. The molecule has 0 aliphatic rings. The fourth-order valence-corrected chi connectivity index (χ4v) is 3.56. The van der Waals surface area contributed by atoms with Crippen LogP contribution in [0.3, 0.4) is 0 Å². The molecule has 0 heterocycles. The van der Waals surface area contributed by atoms with Gasteiger partial charge >= 0.3 is 6.03 Å². The number of carbonyl (C=O) groups excluding carboxylic acids is 2. The molecule has 1 unspecified atom stereocenters. The van der Waals surface area contributed by atoms with E-state index in [1.54, 1.807) is 25.1 Å². The van der Waals surface area contributed by atoms with Gasteiger partial charge in [0.2, 0.25) is 5.91 Å². The van der Waals surface area contributed by atoms with E-state index in [1.807, 2.05) is 42.5 Å². The monoisotopic (exact) mass is 431 g/mol. The van der Waals surface area contributed by atoms with Crippen molar-refractivity contribution in [3.05, 3.63) is 96.1 Å². The Hall–Kier alpha value is -3.80. The molecule has 0 bridgehead atoms. The van der Waals surface area contributed by atoms with Crippen molar-refractivity contribution < 1.29 is 14.3 Å². The largest absolute Gasteiger partial charge is 0.495 e. The third-order valence-electron chi connectivity index (χ3n) is 5.23. The molecule has 0 fully saturated rings. The van der Waals surface area contributed by atoms with Gasteiger partial charge in [0.05, 0.1) is 12.8 Å². The quantitative estimate of drug-likeness (QED) is 0.465. The van der Waals surface area contributed by atoms with Crippen LogP contribution in [0.1, 0.15) is 30.4 Å². The summed E-state index contributed by atoms with van der Waals surface area (Å²) in [6.45, 7) is 2.15. The highest BCUT2D eigenvalue weighted by Crippen LogP contribution is 2.27. The van der Waals surface area contributed by atoms with E-state index in [4.69, 9.17) is 4.74 Å². The molecule has 0 spiro atoms. The second kappa shape index (κ2) is 11.6. The lowest BCUT2D eigenvalue weighted by Crippen LogP contribution is -2.46. The van der Waals surface area contributed by atoms with Crippen molar-refractivity contribution in [1.82, 2.24) is 10.6 Å². The van der Waals surface area contributed by atoms with Gasteiger partial charge in [-0.2, -0.15) is 0 Å². The van der Waals surface area contributed by atoms with Crippen molar-refractivity contribution in [2.45, 2.75) is 25.3 Å². The van der Waals surface area contributed by atoms with E-state index in [-0.39, 0.29) is 11.8 Å². The first-order valence-corrected chi connectivity index (χ1v) is 10.7. The van der Waals surface area contributed by atoms with Crippen LogP contribution in [0.5, 0.6) is 5.75 Å². The molecule has 0 aliphatic carbocycles. The number of amides is 3. The highest BCUT2D eigenvalue weighted by atomic mass is 16.5. The molecule has 6 nitrogen and oxygen atoms in total.